The van der Waals surface area contributed by atoms with E-state index in [1.807, 2.05) is 0 Å². The number of aliphatic hydroxyl groups is 1. The van der Waals surface area contributed by atoms with Crippen molar-refractivity contribution in [3.63, 3.8) is 0 Å². The molecule has 0 unspecified atom stereocenters. The molecule has 0 radical (unpaired) electrons. The highest BCUT2D eigenvalue weighted by atomic mass is 35.5. The average Bonchev–Trinajstić information content (AvgIpc) is 2.24. The Kier molecular flexibility index (Phi) is 4.78. The molecular weight excluding hydrogens is 274 g/mol. The SMILES string of the molecule is CCN(CC(C)(C)O)S(=O)(=O)c1ccccc1Cl. The molecule has 0 spiro atoms. The van der Waals surface area contributed by atoms with Crippen molar-refractivity contribution < 1.29 is 13.5 Å². The summed E-state index contributed by atoms with van der Waals surface area (Å²) in [4.78, 5) is 0.0674. The fraction of sp³-hybridized carbons (Fsp3) is 0.500. The van der Waals surface area contributed by atoms with Crippen molar-refractivity contribution in [3.8, 4) is 0 Å². The van der Waals surface area contributed by atoms with Gasteiger partial charge in [0.2, 0.25) is 10.0 Å². The third-order valence-electron chi connectivity index (χ3n) is 2.37. The third kappa shape index (κ3) is 3.68. The molecule has 0 aliphatic carbocycles. The van der Waals surface area contributed by atoms with Gasteiger partial charge < -0.3 is 5.11 Å². The lowest BCUT2D eigenvalue weighted by Crippen LogP contribution is -2.42. The second-order valence-corrected chi connectivity index (χ2v) is 6.99. The van der Waals surface area contributed by atoms with Gasteiger partial charge in [0.25, 0.3) is 0 Å². The molecule has 0 aliphatic rings. The second-order valence-electron chi connectivity index (χ2n) is 4.67. The van der Waals surface area contributed by atoms with E-state index in [1.165, 1.54) is 16.4 Å². The van der Waals surface area contributed by atoms with E-state index in [0.29, 0.717) is 0 Å². The van der Waals surface area contributed by atoms with Crippen molar-refractivity contribution in [1.29, 1.82) is 0 Å². The number of halogens is 1. The molecule has 18 heavy (non-hydrogen) atoms. The number of hydrogen-bond donors (Lipinski definition) is 1. The Morgan fingerprint density at radius 3 is 2.33 bits per heavy atom. The minimum Gasteiger partial charge on any atom is -0.389 e. The molecule has 0 amide bonds. The van der Waals surface area contributed by atoms with Crippen LogP contribution in [-0.4, -0.2) is 36.5 Å². The van der Waals surface area contributed by atoms with Crippen LogP contribution < -0.4 is 0 Å². The molecule has 0 aromatic heterocycles. The van der Waals surface area contributed by atoms with Crippen LogP contribution in [0, 0.1) is 0 Å². The minimum absolute atomic E-state index is 0.0249. The highest BCUT2D eigenvalue weighted by Gasteiger charge is 2.29. The van der Waals surface area contributed by atoms with E-state index in [-0.39, 0.29) is 23.0 Å². The molecule has 0 heterocycles. The summed E-state index contributed by atoms with van der Waals surface area (Å²) >= 11 is 5.91. The molecule has 0 saturated heterocycles. The van der Waals surface area contributed by atoms with E-state index in [4.69, 9.17) is 11.6 Å². The number of rotatable bonds is 5. The summed E-state index contributed by atoms with van der Waals surface area (Å²) in [6.45, 7) is 5.16. The van der Waals surface area contributed by atoms with Gasteiger partial charge >= 0.3 is 0 Å². The van der Waals surface area contributed by atoms with Crippen LogP contribution in [0.15, 0.2) is 29.2 Å². The lowest BCUT2D eigenvalue weighted by atomic mass is 10.1. The second kappa shape index (κ2) is 5.57. The Bertz CT molecular complexity index is 508. The molecule has 1 aromatic rings. The Labute approximate surface area is 113 Å². The van der Waals surface area contributed by atoms with Crippen molar-refractivity contribution in [2.45, 2.75) is 31.3 Å². The first-order valence-electron chi connectivity index (χ1n) is 5.65. The highest BCUT2D eigenvalue weighted by Crippen LogP contribution is 2.25. The molecule has 102 valence electrons. The van der Waals surface area contributed by atoms with Gasteiger partial charge in [-0.15, -0.1) is 0 Å². The van der Waals surface area contributed by atoms with Gasteiger partial charge in [0, 0.05) is 13.1 Å². The molecule has 0 atom stereocenters. The topological polar surface area (TPSA) is 57.6 Å². The van der Waals surface area contributed by atoms with Gasteiger partial charge in [-0.05, 0) is 26.0 Å². The summed E-state index contributed by atoms with van der Waals surface area (Å²) in [6, 6.07) is 6.29. The molecule has 6 heteroatoms. The Balaban J connectivity index is 3.16. The monoisotopic (exact) mass is 291 g/mol. The summed E-state index contributed by atoms with van der Waals surface area (Å²) in [6.07, 6.45) is 0. The number of likely N-dealkylation sites (N-methyl/N-ethyl adjacent to an activating group) is 1. The molecular formula is C12H18ClNO3S. The molecule has 0 saturated carbocycles. The van der Waals surface area contributed by atoms with Gasteiger partial charge in [0.15, 0.2) is 0 Å². The van der Waals surface area contributed by atoms with Crippen LogP contribution in [-0.2, 0) is 10.0 Å². The lowest BCUT2D eigenvalue weighted by Gasteiger charge is -2.27. The molecule has 1 N–H and O–H groups in total. The summed E-state index contributed by atoms with van der Waals surface area (Å²) in [7, 11) is -3.67. The van der Waals surface area contributed by atoms with Gasteiger partial charge in [-0.1, -0.05) is 30.7 Å². The third-order valence-corrected chi connectivity index (χ3v) is 4.79. The molecule has 0 aliphatic heterocycles. The van der Waals surface area contributed by atoms with Crippen LogP contribution in [0.2, 0.25) is 5.02 Å². The predicted molar refractivity (Wildman–Crippen MR) is 72.2 cm³/mol. The van der Waals surface area contributed by atoms with Crippen molar-refractivity contribution in [1.82, 2.24) is 4.31 Å². The van der Waals surface area contributed by atoms with E-state index >= 15 is 0 Å². The molecule has 0 bridgehead atoms. The maximum Gasteiger partial charge on any atom is 0.244 e. The lowest BCUT2D eigenvalue weighted by molar-refractivity contribution is 0.0601. The fourth-order valence-corrected chi connectivity index (χ4v) is 3.69. The number of benzene rings is 1. The van der Waals surface area contributed by atoms with E-state index in [0.717, 1.165) is 0 Å². The molecule has 0 fully saturated rings. The molecule has 1 aromatic carbocycles. The van der Waals surface area contributed by atoms with E-state index in [1.54, 1.807) is 32.9 Å². The van der Waals surface area contributed by atoms with Crippen LogP contribution in [0.4, 0.5) is 0 Å². The first-order valence-corrected chi connectivity index (χ1v) is 7.47. The normalized spacial score (nSPS) is 13.0. The van der Waals surface area contributed by atoms with Crippen molar-refractivity contribution in [3.05, 3.63) is 29.3 Å². The molecule has 4 nitrogen and oxygen atoms in total. The number of sulfonamides is 1. The number of nitrogens with zero attached hydrogens (tertiary/aromatic N) is 1. The van der Waals surface area contributed by atoms with Crippen molar-refractivity contribution >= 4 is 21.6 Å². The van der Waals surface area contributed by atoms with Gasteiger partial charge in [-0.2, -0.15) is 4.31 Å². The van der Waals surface area contributed by atoms with E-state index in [9.17, 15) is 13.5 Å². The Morgan fingerprint density at radius 1 is 1.33 bits per heavy atom. The average molecular weight is 292 g/mol. The smallest absolute Gasteiger partial charge is 0.244 e. The first kappa shape index (κ1) is 15.4. The summed E-state index contributed by atoms with van der Waals surface area (Å²) < 4.78 is 26.0. The van der Waals surface area contributed by atoms with Crippen LogP contribution in [0.1, 0.15) is 20.8 Å². The maximum absolute atomic E-state index is 12.4. The predicted octanol–water partition coefficient (Wildman–Crippen LogP) is 2.12. The Hall–Kier alpha value is -0.620. The zero-order valence-corrected chi connectivity index (χ0v) is 12.3. The van der Waals surface area contributed by atoms with Gasteiger partial charge in [0.05, 0.1) is 10.6 Å². The van der Waals surface area contributed by atoms with E-state index in [2.05, 4.69) is 0 Å². The van der Waals surface area contributed by atoms with E-state index < -0.39 is 15.6 Å². The first-order chi connectivity index (χ1) is 8.18. The number of hydrogen-bond acceptors (Lipinski definition) is 3. The Morgan fingerprint density at radius 2 is 1.89 bits per heavy atom. The van der Waals surface area contributed by atoms with Crippen LogP contribution in [0.5, 0.6) is 0 Å². The van der Waals surface area contributed by atoms with Crippen LogP contribution in [0.3, 0.4) is 0 Å². The van der Waals surface area contributed by atoms with Crippen molar-refractivity contribution in [2.75, 3.05) is 13.1 Å². The van der Waals surface area contributed by atoms with Gasteiger partial charge in [-0.25, -0.2) is 8.42 Å². The summed E-state index contributed by atoms with van der Waals surface area (Å²) in [5.74, 6) is 0. The van der Waals surface area contributed by atoms with Crippen molar-refractivity contribution in [2.24, 2.45) is 0 Å². The van der Waals surface area contributed by atoms with Crippen LogP contribution in [0.25, 0.3) is 0 Å². The maximum atomic E-state index is 12.4. The zero-order chi connectivity index (χ0) is 14.0. The van der Waals surface area contributed by atoms with Gasteiger partial charge in [-0.3, -0.25) is 0 Å². The fourth-order valence-electron chi connectivity index (χ4n) is 1.59. The van der Waals surface area contributed by atoms with Crippen LogP contribution >= 0.6 is 11.6 Å². The minimum atomic E-state index is -3.67. The highest BCUT2D eigenvalue weighted by molar-refractivity contribution is 7.89. The quantitative estimate of drug-likeness (QED) is 0.904. The standard InChI is InChI=1S/C12H18ClNO3S/c1-4-14(9-12(2,3)15)18(16,17)11-8-6-5-7-10(11)13/h5-8,15H,4,9H2,1-3H3. The zero-order valence-electron chi connectivity index (χ0n) is 10.7. The molecule has 1 rings (SSSR count). The van der Waals surface area contributed by atoms with Gasteiger partial charge in [0.1, 0.15) is 4.90 Å². The largest absolute Gasteiger partial charge is 0.389 e. The summed E-state index contributed by atoms with van der Waals surface area (Å²) in [5.41, 5.74) is -1.09. The summed E-state index contributed by atoms with van der Waals surface area (Å²) in [5, 5.41) is 9.95.